The number of nitrogens with zero attached hydrogens (tertiary/aromatic N) is 3. The number of aromatic nitrogens is 2. The van der Waals surface area contributed by atoms with Crippen molar-refractivity contribution in [3.63, 3.8) is 0 Å². The number of hydrogen-bond donors (Lipinski definition) is 2. The van der Waals surface area contributed by atoms with Crippen molar-refractivity contribution in [3.8, 4) is 0 Å². The number of rotatable bonds is 3. The minimum absolute atomic E-state index is 0.139. The SMILES string of the molecule is O=C(O)c1ncc2c(n1)CCN(CCO)CC2. The number of carboxylic acids is 1. The summed E-state index contributed by atoms with van der Waals surface area (Å²) in [6, 6.07) is 0. The summed E-state index contributed by atoms with van der Waals surface area (Å²) in [6.45, 7) is 2.43. The van der Waals surface area contributed by atoms with E-state index in [9.17, 15) is 4.79 Å². The number of hydrogen-bond acceptors (Lipinski definition) is 5. The Labute approximate surface area is 98.9 Å². The van der Waals surface area contributed by atoms with Crippen LogP contribution >= 0.6 is 0 Å². The van der Waals surface area contributed by atoms with Crippen LogP contribution in [0.25, 0.3) is 0 Å². The minimum atomic E-state index is -1.09. The molecule has 92 valence electrons. The number of aliphatic hydroxyl groups excluding tert-OH is 1. The third-order valence-corrected chi connectivity index (χ3v) is 2.92. The van der Waals surface area contributed by atoms with Crippen molar-refractivity contribution in [2.24, 2.45) is 0 Å². The summed E-state index contributed by atoms with van der Waals surface area (Å²) in [5.74, 6) is -1.23. The Hall–Kier alpha value is -1.53. The molecule has 2 N–H and O–H groups in total. The smallest absolute Gasteiger partial charge is 0.373 e. The molecule has 0 atom stereocenters. The van der Waals surface area contributed by atoms with Crippen LogP contribution in [0.2, 0.25) is 0 Å². The molecule has 2 heterocycles. The van der Waals surface area contributed by atoms with Gasteiger partial charge in [-0.1, -0.05) is 0 Å². The van der Waals surface area contributed by atoms with Gasteiger partial charge in [-0.25, -0.2) is 14.8 Å². The predicted molar refractivity (Wildman–Crippen MR) is 59.9 cm³/mol. The molecule has 0 aliphatic carbocycles. The maximum atomic E-state index is 10.8. The minimum Gasteiger partial charge on any atom is -0.475 e. The van der Waals surface area contributed by atoms with Gasteiger partial charge >= 0.3 is 5.97 Å². The lowest BCUT2D eigenvalue weighted by Gasteiger charge is -2.17. The van der Waals surface area contributed by atoms with Crippen LogP contribution in [0.3, 0.4) is 0 Å². The molecule has 0 saturated heterocycles. The van der Waals surface area contributed by atoms with Gasteiger partial charge in [-0.05, 0) is 12.0 Å². The summed E-state index contributed by atoms with van der Waals surface area (Å²) in [5, 5.41) is 17.7. The number of fused-ring (bicyclic) bond motifs is 1. The van der Waals surface area contributed by atoms with E-state index in [0.29, 0.717) is 13.0 Å². The van der Waals surface area contributed by atoms with E-state index >= 15 is 0 Å². The van der Waals surface area contributed by atoms with Gasteiger partial charge in [0.05, 0.1) is 6.61 Å². The van der Waals surface area contributed by atoms with Crippen molar-refractivity contribution in [2.75, 3.05) is 26.2 Å². The molecular formula is C11H15N3O3. The lowest BCUT2D eigenvalue weighted by atomic mass is 10.1. The van der Waals surface area contributed by atoms with Crippen LogP contribution in [0.5, 0.6) is 0 Å². The maximum Gasteiger partial charge on any atom is 0.373 e. The number of aliphatic hydroxyl groups is 1. The van der Waals surface area contributed by atoms with Crippen molar-refractivity contribution < 1.29 is 15.0 Å². The molecule has 0 bridgehead atoms. The molecule has 0 saturated carbocycles. The summed E-state index contributed by atoms with van der Waals surface area (Å²) in [6.07, 6.45) is 3.11. The normalized spacial score (nSPS) is 16.3. The molecule has 1 aromatic rings. The fraction of sp³-hybridized carbons (Fsp3) is 0.545. The van der Waals surface area contributed by atoms with E-state index in [1.165, 1.54) is 0 Å². The Balaban J connectivity index is 2.16. The highest BCUT2D eigenvalue weighted by atomic mass is 16.4. The Kier molecular flexibility index (Phi) is 3.65. The zero-order valence-corrected chi connectivity index (χ0v) is 9.46. The second-order valence-corrected chi connectivity index (χ2v) is 4.04. The Morgan fingerprint density at radius 3 is 2.88 bits per heavy atom. The summed E-state index contributed by atoms with van der Waals surface area (Å²) in [7, 11) is 0. The van der Waals surface area contributed by atoms with E-state index in [1.807, 2.05) is 0 Å². The van der Waals surface area contributed by atoms with Gasteiger partial charge in [-0.2, -0.15) is 0 Å². The van der Waals surface area contributed by atoms with Gasteiger partial charge in [0.25, 0.3) is 0 Å². The quantitative estimate of drug-likeness (QED) is 0.741. The van der Waals surface area contributed by atoms with Crippen LogP contribution in [-0.4, -0.2) is 57.3 Å². The fourth-order valence-electron chi connectivity index (χ4n) is 1.99. The van der Waals surface area contributed by atoms with E-state index in [0.717, 1.165) is 30.8 Å². The first-order chi connectivity index (χ1) is 8.20. The average molecular weight is 237 g/mol. The Bertz CT molecular complexity index is 422. The van der Waals surface area contributed by atoms with Crippen molar-refractivity contribution in [3.05, 3.63) is 23.3 Å². The van der Waals surface area contributed by atoms with Crippen LogP contribution < -0.4 is 0 Å². The van der Waals surface area contributed by atoms with Gasteiger partial charge in [0.1, 0.15) is 0 Å². The standard InChI is InChI=1S/C11H15N3O3/c15-6-5-14-3-1-8-7-12-10(11(16)17)13-9(8)2-4-14/h7,15H,1-6H2,(H,16,17). The monoisotopic (exact) mass is 237 g/mol. The van der Waals surface area contributed by atoms with Crippen LogP contribution in [-0.2, 0) is 12.8 Å². The van der Waals surface area contributed by atoms with Gasteiger partial charge in [-0.15, -0.1) is 0 Å². The predicted octanol–water partition coefficient (Wildman–Crippen LogP) is -0.432. The van der Waals surface area contributed by atoms with Gasteiger partial charge in [0, 0.05) is 37.9 Å². The molecule has 1 aromatic heterocycles. The summed E-state index contributed by atoms with van der Waals surface area (Å²) >= 11 is 0. The van der Waals surface area contributed by atoms with Crippen LogP contribution in [0, 0.1) is 0 Å². The largest absolute Gasteiger partial charge is 0.475 e. The van der Waals surface area contributed by atoms with Crippen molar-refractivity contribution in [1.29, 1.82) is 0 Å². The lowest BCUT2D eigenvalue weighted by molar-refractivity contribution is 0.0683. The number of aromatic carboxylic acids is 1. The van der Waals surface area contributed by atoms with Crippen LogP contribution in [0.15, 0.2) is 6.20 Å². The molecule has 1 aliphatic rings. The highest BCUT2D eigenvalue weighted by molar-refractivity contribution is 5.83. The maximum absolute atomic E-state index is 10.8. The Morgan fingerprint density at radius 2 is 2.18 bits per heavy atom. The van der Waals surface area contributed by atoms with Gasteiger partial charge in [0.15, 0.2) is 0 Å². The molecule has 0 radical (unpaired) electrons. The molecule has 17 heavy (non-hydrogen) atoms. The summed E-state index contributed by atoms with van der Waals surface area (Å²) < 4.78 is 0. The molecule has 0 unspecified atom stereocenters. The highest BCUT2D eigenvalue weighted by Gasteiger charge is 2.17. The molecule has 0 spiro atoms. The zero-order chi connectivity index (χ0) is 12.3. The third kappa shape index (κ3) is 2.78. The number of β-amino-alcohol motifs (C(OH)–C–C–N with tert-alkyl or cyclic N) is 1. The fourth-order valence-corrected chi connectivity index (χ4v) is 1.99. The second-order valence-electron chi connectivity index (χ2n) is 4.04. The van der Waals surface area contributed by atoms with E-state index in [2.05, 4.69) is 14.9 Å². The molecule has 0 aromatic carbocycles. The van der Waals surface area contributed by atoms with Gasteiger partial charge in [0.2, 0.25) is 5.82 Å². The Morgan fingerprint density at radius 1 is 1.41 bits per heavy atom. The lowest BCUT2D eigenvalue weighted by Crippen LogP contribution is -2.29. The molecule has 0 amide bonds. The number of carbonyl (C=O) groups is 1. The summed E-state index contributed by atoms with van der Waals surface area (Å²) in [5.41, 5.74) is 1.83. The van der Waals surface area contributed by atoms with Crippen molar-refractivity contribution >= 4 is 5.97 Å². The molecule has 0 fully saturated rings. The van der Waals surface area contributed by atoms with E-state index in [4.69, 9.17) is 10.2 Å². The van der Waals surface area contributed by atoms with Gasteiger partial charge in [-0.3, -0.25) is 0 Å². The van der Waals surface area contributed by atoms with Crippen molar-refractivity contribution in [2.45, 2.75) is 12.8 Å². The molecule has 6 heteroatoms. The highest BCUT2D eigenvalue weighted by Crippen LogP contribution is 2.13. The molecule has 6 nitrogen and oxygen atoms in total. The molecule has 1 aliphatic heterocycles. The van der Waals surface area contributed by atoms with Gasteiger partial charge < -0.3 is 15.1 Å². The topological polar surface area (TPSA) is 86.5 Å². The first kappa shape index (κ1) is 11.9. The third-order valence-electron chi connectivity index (χ3n) is 2.92. The summed E-state index contributed by atoms with van der Waals surface area (Å²) in [4.78, 5) is 20.8. The zero-order valence-electron chi connectivity index (χ0n) is 9.46. The average Bonchev–Trinajstić information content (AvgIpc) is 2.52. The van der Waals surface area contributed by atoms with Crippen LogP contribution in [0.4, 0.5) is 0 Å². The van der Waals surface area contributed by atoms with E-state index < -0.39 is 5.97 Å². The molecule has 2 rings (SSSR count). The first-order valence-electron chi connectivity index (χ1n) is 5.62. The van der Waals surface area contributed by atoms with Crippen LogP contribution in [0.1, 0.15) is 21.9 Å². The first-order valence-corrected chi connectivity index (χ1v) is 5.62. The van der Waals surface area contributed by atoms with E-state index in [-0.39, 0.29) is 12.4 Å². The number of carboxylic acid groups (broad SMARTS) is 1. The van der Waals surface area contributed by atoms with Crippen molar-refractivity contribution in [1.82, 2.24) is 14.9 Å². The second kappa shape index (κ2) is 5.20. The molecular weight excluding hydrogens is 222 g/mol. The van der Waals surface area contributed by atoms with E-state index in [1.54, 1.807) is 6.20 Å².